The lowest BCUT2D eigenvalue weighted by atomic mass is 10.0. The largest absolute Gasteiger partial charge is 0.480 e. The van der Waals surface area contributed by atoms with Crippen LogP contribution in [0.2, 0.25) is 0 Å². The summed E-state index contributed by atoms with van der Waals surface area (Å²) in [5.41, 5.74) is 0.342. The highest BCUT2D eigenvalue weighted by Gasteiger charge is 2.22. The summed E-state index contributed by atoms with van der Waals surface area (Å²) in [5.74, 6) is -0.735. The van der Waals surface area contributed by atoms with Gasteiger partial charge in [0.15, 0.2) is 0 Å². The normalized spacial score (nSPS) is 11.9. The minimum Gasteiger partial charge on any atom is -0.480 e. The Hall–Kier alpha value is -2.09. The molecule has 1 atom stereocenters. The monoisotopic (exact) mass is 219 g/mol. The van der Waals surface area contributed by atoms with E-state index in [1.54, 1.807) is 26.0 Å². The molecule has 5 nitrogen and oxygen atoms in total. The van der Waals surface area contributed by atoms with Crippen LogP contribution in [0.5, 0.6) is 0 Å². The maximum Gasteiger partial charge on any atom is 0.326 e. The number of pyridine rings is 1. The number of nitrogens with zero attached hydrogens (tertiary/aromatic N) is 2. The van der Waals surface area contributed by atoms with Gasteiger partial charge in [0, 0.05) is 6.20 Å². The van der Waals surface area contributed by atoms with Gasteiger partial charge in [-0.1, -0.05) is 13.8 Å². The Morgan fingerprint density at radius 1 is 1.62 bits per heavy atom. The van der Waals surface area contributed by atoms with Gasteiger partial charge < -0.3 is 10.4 Å². The average Bonchev–Trinajstić information content (AvgIpc) is 2.25. The van der Waals surface area contributed by atoms with Crippen LogP contribution in [0, 0.1) is 17.2 Å². The quantitative estimate of drug-likeness (QED) is 0.800. The predicted molar refractivity (Wildman–Crippen MR) is 58.8 cm³/mol. The Morgan fingerprint density at radius 3 is 2.81 bits per heavy atom. The first kappa shape index (κ1) is 12.0. The van der Waals surface area contributed by atoms with Crippen molar-refractivity contribution in [3.63, 3.8) is 0 Å². The van der Waals surface area contributed by atoms with Gasteiger partial charge in [0.2, 0.25) is 0 Å². The molecule has 0 aliphatic heterocycles. The number of hydrogen-bond acceptors (Lipinski definition) is 4. The van der Waals surface area contributed by atoms with E-state index in [2.05, 4.69) is 10.3 Å². The van der Waals surface area contributed by atoms with Crippen molar-refractivity contribution in [2.24, 2.45) is 5.92 Å². The molecule has 0 saturated heterocycles. The summed E-state index contributed by atoms with van der Waals surface area (Å²) < 4.78 is 0. The Kier molecular flexibility index (Phi) is 3.84. The molecule has 84 valence electrons. The average molecular weight is 219 g/mol. The van der Waals surface area contributed by atoms with Gasteiger partial charge in [0.25, 0.3) is 0 Å². The van der Waals surface area contributed by atoms with Gasteiger partial charge in [0.1, 0.15) is 17.9 Å². The Bertz CT molecular complexity index is 423. The third-order valence-corrected chi connectivity index (χ3v) is 2.15. The van der Waals surface area contributed by atoms with Gasteiger partial charge in [-0.15, -0.1) is 0 Å². The number of nitriles is 1. The van der Waals surface area contributed by atoms with Gasteiger partial charge in [-0.05, 0) is 18.1 Å². The van der Waals surface area contributed by atoms with E-state index in [-0.39, 0.29) is 5.92 Å². The lowest BCUT2D eigenvalue weighted by molar-refractivity contribution is -0.138. The number of aromatic nitrogens is 1. The molecule has 0 aliphatic rings. The van der Waals surface area contributed by atoms with Crippen molar-refractivity contribution in [1.82, 2.24) is 4.98 Å². The maximum atomic E-state index is 11.0. The van der Waals surface area contributed by atoms with Crippen LogP contribution in [-0.2, 0) is 4.79 Å². The molecule has 1 rings (SSSR count). The summed E-state index contributed by atoms with van der Waals surface area (Å²) in [7, 11) is 0. The van der Waals surface area contributed by atoms with Crippen molar-refractivity contribution in [2.75, 3.05) is 5.32 Å². The number of carboxylic acids is 1. The van der Waals surface area contributed by atoms with E-state index in [1.807, 2.05) is 6.07 Å². The van der Waals surface area contributed by atoms with Crippen molar-refractivity contribution in [1.29, 1.82) is 5.26 Å². The highest BCUT2D eigenvalue weighted by atomic mass is 16.4. The van der Waals surface area contributed by atoms with Gasteiger partial charge in [-0.25, -0.2) is 9.78 Å². The molecule has 0 bridgehead atoms. The Labute approximate surface area is 93.7 Å². The van der Waals surface area contributed by atoms with E-state index in [4.69, 9.17) is 10.4 Å². The Balaban J connectivity index is 2.94. The molecule has 0 aromatic carbocycles. The zero-order chi connectivity index (χ0) is 12.1. The highest BCUT2D eigenvalue weighted by molar-refractivity contribution is 5.77. The van der Waals surface area contributed by atoms with Crippen molar-refractivity contribution in [2.45, 2.75) is 19.9 Å². The lowest BCUT2D eigenvalue weighted by Gasteiger charge is -2.18. The molecule has 0 unspecified atom stereocenters. The fraction of sp³-hybridized carbons (Fsp3) is 0.364. The summed E-state index contributed by atoms with van der Waals surface area (Å²) in [5, 5.41) is 20.6. The second-order valence-electron chi connectivity index (χ2n) is 3.72. The first-order valence-corrected chi connectivity index (χ1v) is 4.90. The van der Waals surface area contributed by atoms with Crippen LogP contribution in [0.25, 0.3) is 0 Å². The summed E-state index contributed by atoms with van der Waals surface area (Å²) >= 11 is 0. The van der Waals surface area contributed by atoms with Gasteiger partial charge >= 0.3 is 5.97 Å². The molecule has 0 spiro atoms. The first-order valence-electron chi connectivity index (χ1n) is 4.90. The number of carboxylic acid groups (broad SMARTS) is 1. The molecule has 0 aliphatic carbocycles. The van der Waals surface area contributed by atoms with Crippen LogP contribution in [0.15, 0.2) is 18.3 Å². The summed E-state index contributed by atoms with van der Waals surface area (Å²) in [6, 6.07) is 4.44. The van der Waals surface area contributed by atoms with Crippen LogP contribution < -0.4 is 5.32 Å². The maximum absolute atomic E-state index is 11.0. The third kappa shape index (κ3) is 2.70. The SMILES string of the molecule is CC(C)[C@H](Nc1ncccc1C#N)C(=O)O. The summed E-state index contributed by atoms with van der Waals surface area (Å²) in [6.07, 6.45) is 1.52. The number of nitrogens with one attached hydrogen (secondary N) is 1. The molecule has 1 heterocycles. The van der Waals surface area contributed by atoms with Gasteiger partial charge in [-0.3, -0.25) is 0 Å². The third-order valence-electron chi connectivity index (χ3n) is 2.15. The zero-order valence-corrected chi connectivity index (χ0v) is 9.14. The number of aliphatic carboxylic acids is 1. The molecule has 0 amide bonds. The highest BCUT2D eigenvalue weighted by Crippen LogP contribution is 2.14. The van der Waals surface area contributed by atoms with E-state index in [9.17, 15) is 4.79 Å². The summed E-state index contributed by atoms with van der Waals surface area (Å²) in [6.45, 7) is 3.58. The first-order chi connectivity index (χ1) is 7.56. The van der Waals surface area contributed by atoms with E-state index in [0.29, 0.717) is 11.4 Å². The van der Waals surface area contributed by atoms with Crippen molar-refractivity contribution in [3.05, 3.63) is 23.9 Å². The number of anilines is 1. The molecule has 5 heteroatoms. The van der Waals surface area contributed by atoms with Crippen LogP contribution in [0.1, 0.15) is 19.4 Å². The summed E-state index contributed by atoms with van der Waals surface area (Å²) in [4.78, 5) is 14.9. The number of carbonyl (C=O) groups is 1. The van der Waals surface area contributed by atoms with Gasteiger partial charge in [-0.2, -0.15) is 5.26 Å². The number of hydrogen-bond donors (Lipinski definition) is 2. The van der Waals surface area contributed by atoms with Crippen molar-refractivity contribution >= 4 is 11.8 Å². The fourth-order valence-electron chi connectivity index (χ4n) is 1.27. The molecule has 1 aromatic rings. The van der Waals surface area contributed by atoms with E-state index in [0.717, 1.165) is 0 Å². The van der Waals surface area contributed by atoms with Crippen LogP contribution in [-0.4, -0.2) is 22.1 Å². The van der Waals surface area contributed by atoms with E-state index in [1.165, 1.54) is 6.20 Å². The van der Waals surface area contributed by atoms with E-state index < -0.39 is 12.0 Å². The smallest absolute Gasteiger partial charge is 0.326 e. The van der Waals surface area contributed by atoms with Crippen LogP contribution >= 0.6 is 0 Å². The molecule has 0 radical (unpaired) electrons. The van der Waals surface area contributed by atoms with Gasteiger partial charge in [0.05, 0.1) is 5.56 Å². The molecule has 1 aromatic heterocycles. The fourth-order valence-corrected chi connectivity index (χ4v) is 1.27. The molecular formula is C11H13N3O2. The van der Waals surface area contributed by atoms with Crippen LogP contribution in [0.3, 0.4) is 0 Å². The molecule has 16 heavy (non-hydrogen) atoms. The Morgan fingerprint density at radius 2 is 2.31 bits per heavy atom. The molecular weight excluding hydrogens is 206 g/mol. The van der Waals surface area contributed by atoms with Crippen molar-refractivity contribution in [3.8, 4) is 6.07 Å². The minimum absolute atomic E-state index is 0.0916. The van der Waals surface area contributed by atoms with E-state index >= 15 is 0 Å². The second kappa shape index (κ2) is 5.12. The molecule has 0 fully saturated rings. The zero-order valence-electron chi connectivity index (χ0n) is 9.14. The molecule has 0 saturated carbocycles. The predicted octanol–water partition coefficient (Wildman–Crippen LogP) is 1.47. The van der Waals surface area contributed by atoms with Crippen LogP contribution in [0.4, 0.5) is 5.82 Å². The second-order valence-corrected chi connectivity index (χ2v) is 3.72. The topological polar surface area (TPSA) is 86.0 Å². The minimum atomic E-state index is -0.954. The molecule has 2 N–H and O–H groups in total. The number of rotatable bonds is 4. The lowest BCUT2D eigenvalue weighted by Crippen LogP contribution is -2.34. The van der Waals surface area contributed by atoms with Crippen molar-refractivity contribution < 1.29 is 9.90 Å². The standard InChI is InChI=1S/C11H13N3O2/c1-7(2)9(11(15)16)14-10-8(6-12)4-3-5-13-10/h3-5,7,9H,1-2H3,(H,13,14)(H,15,16)/t9-/m0/s1.